The van der Waals surface area contributed by atoms with Crippen molar-refractivity contribution in [3.63, 3.8) is 0 Å². The molecule has 0 amide bonds. The standard InChI is InChI=1S/C20H33N5O/c1-16-22-19(17-5-7-21-8-6-17)14-20(23-16)25-9-3-2-4-18(25)15-24-10-12-26-13-11-24/h14,17-18,21H,2-13,15H2,1H3. The molecule has 1 aromatic heterocycles. The molecule has 3 fully saturated rings. The van der Waals surface area contributed by atoms with Gasteiger partial charge in [0.25, 0.3) is 0 Å². The molecule has 0 aromatic carbocycles. The smallest absolute Gasteiger partial charge is 0.132 e. The number of hydrogen-bond acceptors (Lipinski definition) is 6. The number of aryl methyl sites for hydroxylation is 1. The van der Waals surface area contributed by atoms with Crippen LogP contribution in [0, 0.1) is 6.92 Å². The molecule has 4 rings (SSSR count). The molecule has 0 saturated carbocycles. The van der Waals surface area contributed by atoms with Crippen molar-refractivity contribution in [3.8, 4) is 0 Å². The molecule has 4 heterocycles. The molecular formula is C20H33N5O. The monoisotopic (exact) mass is 359 g/mol. The Balaban J connectivity index is 1.52. The second kappa shape index (κ2) is 8.63. The maximum atomic E-state index is 5.52. The van der Waals surface area contributed by atoms with Gasteiger partial charge in [-0.25, -0.2) is 9.97 Å². The minimum absolute atomic E-state index is 0.567. The van der Waals surface area contributed by atoms with Gasteiger partial charge in [0.05, 0.1) is 13.2 Å². The molecule has 0 bridgehead atoms. The van der Waals surface area contributed by atoms with Crippen molar-refractivity contribution >= 4 is 5.82 Å². The molecule has 1 aromatic rings. The number of aromatic nitrogens is 2. The average Bonchev–Trinajstić information content (AvgIpc) is 2.69. The minimum Gasteiger partial charge on any atom is -0.379 e. The van der Waals surface area contributed by atoms with E-state index < -0.39 is 0 Å². The first kappa shape index (κ1) is 18.1. The van der Waals surface area contributed by atoms with Crippen LogP contribution in [0.2, 0.25) is 0 Å². The Morgan fingerprint density at radius 1 is 1.08 bits per heavy atom. The molecule has 1 unspecified atom stereocenters. The normalized spacial score (nSPS) is 26.2. The van der Waals surface area contributed by atoms with Gasteiger partial charge in [0.2, 0.25) is 0 Å². The molecule has 3 aliphatic rings. The Morgan fingerprint density at radius 3 is 2.69 bits per heavy atom. The second-order valence-corrected chi connectivity index (χ2v) is 7.98. The number of ether oxygens (including phenoxy) is 1. The number of anilines is 1. The Labute approximate surface area is 157 Å². The van der Waals surface area contributed by atoms with Crippen LogP contribution in [0.1, 0.15) is 49.5 Å². The summed E-state index contributed by atoms with van der Waals surface area (Å²) < 4.78 is 5.52. The van der Waals surface area contributed by atoms with E-state index in [1.807, 2.05) is 0 Å². The summed E-state index contributed by atoms with van der Waals surface area (Å²) in [5, 5.41) is 3.46. The molecule has 144 valence electrons. The third-order valence-electron chi connectivity index (χ3n) is 6.10. The second-order valence-electron chi connectivity index (χ2n) is 7.98. The van der Waals surface area contributed by atoms with Gasteiger partial charge in [-0.1, -0.05) is 0 Å². The van der Waals surface area contributed by atoms with Gasteiger partial charge in [-0.15, -0.1) is 0 Å². The lowest BCUT2D eigenvalue weighted by molar-refractivity contribution is 0.0338. The fourth-order valence-electron chi connectivity index (χ4n) is 4.62. The number of hydrogen-bond donors (Lipinski definition) is 1. The molecule has 0 aliphatic carbocycles. The van der Waals surface area contributed by atoms with E-state index >= 15 is 0 Å². The highest BCUT2D eigenvalue weighted by atomic mass is 16.5. The Kier molecular flexibility index (Phi) is 6.02. The van der Waals surface area contributed by atoms with Crippen molar-refractivity contribution in [1.82, 2.24) is 20.2 Å². The van der Waals surface area contributed by atoms with Crippen LogP contribution >= 0.6 is 0 Å². The zero-order valence-corrected chi connectivity index (χ0v) is 16.1. The largest absolute Gasteiger partial charge is 0.379 e. The number of morpholine rings is 1. The summed E-state index contributed by atoms with van der Waals surface area (Å²) in [5.74, 6) is 2.66. The Bertz CT molecular complexity index is 584. The quantitative estimate of drug-likeness (QED) is 0.887. The summed E-state index contributed by atoms with van der Waals surface area (Å²) in [6.07, 6.45) is 6.24. The fraction of sp³-hybridized carbons (Fsp3) is 0.800. The summed E-state index contributed by atoms with van der Waals surface area (Å²) in [6, 6.07) is 2.86. The van der Waals surface area contributed by atoms with E-state index in [-0.39, 0.29) is 0 Å². The summed E-state index contributed by atoms with van der Waals surface area (Å²) in [4.78, 5) is 14.8. The zero-order chi connectivity index (χ0) is 17.8. The third kappa shape index (κ3) is 4.35. The molecule has 1 N–H and O–H groups in total. The van der Waals surface area contributed by atoms with Gasteiger partial charge < -0.3 is 15.0 Å². The van der Waals surface area contributed by atoms with Crippen molar-refractivity contribution < 1.29 is 4.74 Å². The Hall–Kier alpha value is -1.24. The predicted molar refractivity (Wildman–Crippen MR) is 104 cm³/mol. The molecule has 3 aliphatic heterocycles. The number of rotatable bonds is 4. The topological polar surface area (TPSA) is 53.5 Å². The van der Waals surface area contributed by atoms with Crippen molar-refractivity contribution in [2.24, 2.45) is 0 Å². The average molecular weight is 360 g/mol. The third-order valence-corrected chi connectivity index (χ3v) is 6.10. The summed E-state index contributed by atoms with van der Waals surface area (Å²) in [6.45, 7) is 10.4. The van der Waals surface area contributed by atoms with Gasteiger partial charge >= 0.3 is 0 Å². The highest BCUT2D eigenvalue weighted by molar-refractivity contribution is 5.42. The first-order valence-corrected chi connectivity index (χ1v) is 10.4. The predicted octanol–water partition coefficient (Wildman–Crippen LogP) is 1.94. The van der Waals surface area contributed by atoms with E-state index in [1.165, 1.54) is 37.8 Å². The van der Waals surface area contributed by atoms with E-state index in [4.69, 9.17) is 14.7 Å². The van der Waals surface area contributed by atoms with Crippen LogP contribution in [0.15, 0.2) is 6.07 Å². The van der Waals surface area contributed by atoms with Gasteiger partial charge in [-0.05, 0) is 52.1 Å². The summed E-state index contributed by atoms with van der Waals surface area (Å²) in [5.41, 5.74) is 1.25. The lowest BCUT2D eigenvalue weighted by atomic mass is 9.94. The van der Waals surface area contributed by atoms with Gasteiger partial charge in [0.1, 0.15) is 11.6 Å². The number of nitrogens with one attached hydrogen (secondary N) is 1. The summed E-state index contributed by atoms with van der Waals surface area (Å²) in [7, 11) is 0. The van der Waals surface area contributed by atoms with E-state index in [2.05, 4.69) is 28.1 Å². The molecule has 0 spiro atoms. The van der Waals surface area contributed by atoms with Crippen LogP contribution in [-0.2, 0) is 4.74 Å². The van der Waals surface area contributed by atoms with Crippen LogP contribution in [0.25, 0.3) is 0 Å². The maximum absolute atomic E-state index is 5.52. The van der Waals surface area contributed by atoms with Crippen LogP contribution < -0.4 is 10.2 Å². The first-order valence-electron chi connectivity index (χ1n) is 10.4. The zero-order valence-electron chi connectivity index (χ0n) is 16.1. The maximum Gasteiger partial charge on any atom is 0.132 e. The highest BCUT2D eigenvalue weighted by Crippen LogP contribution is 2.29. The molecular weight excluding hydrogens is 326 g/mol. The Morgan fingerprint density at radius 2 is 1.88 bits per heavy atom. The van der Waals surface area contributed by atoms with Crippen LogP contribution in [0.4, 0.5) is 5.82 Å². The molecule has 3 saturated heterocycles. The van der Waals surface area contributed by atoms with E-state index in [0.29, 0.717) is 12.0 Å². The van der Waals surface area contributed by atoms with E-state index in [0.717, 1.165) is 64.1 Å². The molecule has 26 heavy (non-hydrogen) atoms. The number of piperidine rings is 2. The molecule has 0 radical (unpaired) electrons. The van der Waals surface area contributed by atoms with Crippen LogP contribution in [-0.4, -0.2) is 73.4 Å². The lowest BCUT2D eigenvalue weighted by Gasteiger charge is -2.40. The summed E-state index contributed by atoms with van der Waals surface area (Å²) >= 11 is 0. The van der Waals surface area contributed by atoms with E-state index in [9.17, 15) is 0 Å². The van der Waals surface area contributed by atoms with E-state index in [1.54, 1.807) is 0 Å². The van der Waals surface area contributed by atoms with Gasteiger partial charge in [0.15, 0.2) is 0 Å². The van der Waals surface area contributed by atoms with Crippen molar-refractivity contribution in [2.45, 2.75) is 51.0 Å². The van der Waals surface area contributed by atoms with Gasteiger partial charge in [0, 0.05) is 49.9 Å². The number of nitrogens with zero attached hydrogens (tertiary/aromatic N) is 4. The van der Waals surface area contributed by atoms with Gasteiger partial charge in [-0.3, -0.25) is 4.90 Å². The molecule has 6 heteroatoms. The highest BCUT2D eigenvalue weighted by Gasteiger charge is 2.28. The SMILES string of the molecule is Cc1nc(C2CCNCC2)cc(N2CCCCC2CN2CCOCC2)n1. The fourth-order valence-corrected chi connectivity index (χ4v) is 4.62. The molecule has 6 nitrogen and oxygen atoms in total. The van der Waals surface area contributed by atoms with Crippen molar-refractivity contribution in [1.29, 1.82) is 0 Å². The first-order chi connectivity index (χ1) is 12.8. The lowest BCUT2D eigenvalue weighted by Crippen LogP contribution is -2.49. The van der Waals surface area contributed by atoms with Crippen LogP contribution in [0.5, 0.6) is 0 Å². The molecule has 1 atom stereocenters. The minimum atomic E-state index is 0.567. The van der Waals surface area contributed by atoms with Crippen LogP contribution in [0.3, 0.4) is 0 Å². The van der Waals surface area contributed by atoms with Crippen molar-refractivity contribution in [2.75, 3.05) is 57.4 Å². The van der Waals surface area contributed by atoms with Crippen molar-refractivity contribution in [3.05, 3.63) is 17.6 Å². The van der Waals surface area contributed by atoms with Gasteiger partial charge in [-0.2, -0.15) is 0 Å².